The van der Waals surface area contributed by atoms with Gasteiger partial charge in [-0.05, 0) is 12.1 Å². The predicted molar refractivity (Wildman–Crippen MR) is 66.0 cm³/mol. The van der Waals surface area contributed by atoms with Crippen molar-refractivity contribution in [2.24, 2.45) is 0 Å². The van der Waals surface area contributed by atoms with Crippen molar-refractivity contribution in [3.63, 3.8) is 0 Å². The molecule has 0 amide bonds. The number of hydrogen-bond donors (Lipinski definition) is 0. The normalized spacial score (nSPS) is 10.7. The molecule has 3 heteroatoms. The summed E-state index contributed by atoms with van der Waals surface area (Å²) in [4.78, 5) is 0. The van der Waals surface area contributed by atoms with Crippen LogP contribution in [0.25, 0.3) is 11.0 Å². The largest absolute Gasteiger partial charge is 0.488 e. The van der Waals surface area contributed by atoms with Crippen LogP contribution in [0, 0.1) is 11.3 Å². The standard InChI is InChI=1S/C14H15NO2/c1-10(2)13-14(16-9-5-8-15)11-6-3-4-7-12(11)17-13/h3-4,6-7,10H,5,9H2,1-2H3. The maximum Gasteiger partial charge on any atom is 0.168 e. The van der Waals surface area contributed by atoms with E-state index in [0.717, 1.165) is 22.5 Å². The fourth-order valence-corrected chi connectivity index (χ4v) is 1.77. The molecule has 0 aliphatic carbocycles. The molecule has 0 unspecified atom stereocenters. The van der Waals surface area contributed by atoms with Crippen molar-refractivity contribution in [2.45, 2.75) is 26.2 Å². The SMILES string of the molecule is CC(C)c1oc2ccccc2c1OCCC#N. The first kappa shape index (κ1) is 11.5. The molecular formula is C14H15NO2. The van der Waals surface area contributed by atoms with Gasteiger partial charge in [0.2, 0.25) is 0 Å². The molecule has 3 nitrogen and oxygen atoms in total. The third-order valence-electron chi connectivity index (χ3n) is 2.56. The van der Waals surface area contributed by atoms with E-state index in [9.17, 15) is 0 Å². The lowest BCUT2D eigenvalue weighted by Crippen LogP contribution is -1.98. The highest BCUT2D eigenvalue weighted by Gasteiger charge is 2.17. The topological polar surface area (TPSA) is 46.2 Å². The van der Waals surface area contributed by atoms with Crippen LogP contribution in [-0.2, 0) is 0 Å². The minimum absolute atomic E-state index is 0.263. The molecule has 1 heterocycles. The molecule has 2 rings (SSSR count). The number of benzene rings is 1. The van der Waals surface area contributed by atoms with E-state index in [1.807, 2.05) is 24.3 Å². The van der Waals surface area contributed by atoms with E-state index < -0.39 is 0 Å². The second-order valence-electron chi connectivity index (χ2n) is 4.20. The van der Waals surface area contributed by atoms with Crippen molar-refractivity contribution >= 4 is 11.0 Å². The summed E-state index contributed by atoms with van der Waals surface area (Å²) in [5.74, 6) is 1.90. The highest BCUT2D eigenvalue weighted by Crippen LogP contribution is 2.37. The number of furan rings is 1. The summed E-state index contributed by atoms with van der Waals surface area (Å²) in [6.45, 7) is 4.53. The highest BCUT2D eigenvalue weighted by molar-refractivity contribution is 5.85. The molecule has 2 aromatic rings. The Bertz CT molecular complexity index is 549. The molecule has 88 valence electrons. The Labute approximate surface area is 101 Å². The zero-order chi connectivity index (χ0) is 12.3. The second kappa shape index (κ2) is 4.92. The Morgan fingerprint density at radius 1 is 1.35 bits per heavy atom. The Kier molecular flexibility index (Phi) is 3.34. The number of fused-ring (bicyclic) bond motifs is 1. The number of hydrogen-bond acceptors (Lipinski definition) is 3. The lowest BCUT2D eigenvalue weighted by Gasteiger charge is -2.06. The van der Waals surface area contributed by atoms with E-state index in [4.69, 9.17) is 14.4 Å². The zero-order valence-electron chi connectivity index (χ0n) is 10.1. The molecule has 17 heavy (non-hydrogen) atoms. The van der Waals surface area contributed by atoms with Crippen LogP contribution >= 0.6 is 0 Å². The number of ether oxygens (including phenoxy) is 1. The summed E-state index contributed by atoms with van der Waals surface area (Å²) in [6.07, 6.45) is 0.386. The molecular weight excluding hydrogens is 214 g/mol. The van der Waals surface area contributed by atoms with Crippen molar-refractivity contribution < 1.29 is 9.15 Å². The summed E-state index contributed by atoms with van der Waals surface area (Å²) in [6, 6.07) is 9.88. The average molecular weight is 229 g/mol. The van der Waals surface area contributed by atoms with E-state index in [0.29, 0.717) is 13.0 Å². The van der Waals surface area contributed by atoms with Crippen LogP contribution in [0.5, 0.6) is 5.75 Å². The van der Waals surface area contributed by atoms with Gasteiger partial charge in [0.1, 0.15) is 18.0 Å². The van der Waals surface area contributed by atoms with E-state index in [-0.39, 0.29) is 5.92 Å². The van der Waals surface area contributed by atoms with Crippen LogP contribution in [0.3, 0.4) is 0 Å². The van der Waals surface area contributed by atoms with Crippen LogP contribution in [0.1, 0.15) is 31.9 Å². The van der Waals surface area contributed by atoms with Crippen LogP contribution in [-0.4, -0.2) is 6.61 Å². The van der Waals surface area contributed by atoms with Crippen LogP contribution < -0.4 is 4.74 Å². The lowest BCUT2D eigenvalue weighted by atomic mass is 10.1. The van der Waals surface area contributed by atoms with Gasteiger partial charge in [-0.25, -0.2) is 0 Å². The molecule has 0 fully saturated rings. The van der Waals surface area contributed by atoms with Gasteiger partial charge in [-0.2, -0.15) is 5.26 Å². The van der Waals surface area contributed by atoms with Gasteiger partial charge in [-0.1, -0.05) is 26.0 Å². The first-order valence-corrected chi connectivity index (χ1v) is 5.75. The average Bonchev–Trinajstić information content (AvgIpc) is 2.69. The molecule has 1 aromatic carbocycles. The van der Waals surface area contributed by atoms with Gasteiger partial charge in [0, 0.05) is 5.92 Å². The maximum atomic E-state index is 8.53. The molecule has 0 aliphatic rings. The van der Waals surface area contributed by atoms with Crippen molar-refractivity contribution in [1.82, 2.24) is 0 Å². The Hall–Kier alpha value is -1.95. The quantitative estimate of drug-likeness (QED) is 0.748. The van der Waals surface area contributed by atoms with Crippen LogP contribution in [0.2, 0.25) is 0 Å². The number of nitriles is 1. The van der Waals surface area contributed by atoms with Crippen molar-refractivity contribution in [3.8, 4) is 11.8 Å². The van der Waals surface area contributed by atoms with Gasteiger partial charge < -0.3 is 9.15 Å². The van der Waals surface area contributed by atoms with Gasteiger partial charge in [0.05, 0.1) is 17.9 Å². The van der Waals surface area contributed by atoms with E-state index in [2.05, 4.69) is 19.9 Å². The zero-order valence-corrected chi connectivity index (χ0v) is 10.1. The van der Waals surface area contributed by atoms with E-state index in [1.54, 1.807) is 0 Å². The Morgan fingerprint density at radius 2 is 2.12 bits per heavy atom. The maximum absolute atomic E-state index is 8.53. The molecule has 0 saturated heterocycles. The third kappa shape index (κ3) is 2.26. The highest BCUT2D eigenvalue weighted by atomic mass is 16.5. The Balaban J connectivity index is 2.42. The number of nitrogens with zero attached hydrogens (tertiary/aromatic N) is 1. The fraction of sp³-hybridized carbons (Fsp3) is 0.357. The summed E-state index contributed by atoms with van der Waals surface area (Å²) in [7, 11) is 0. The fourth-order valence-electron chi connectivity index (χ4n) is 1.77. The summed E-state index contributed by atoms with van der Waals surface area (Å²) in [5, 5.41) is 9.51. The molecule has 0 atom stereocenters. The summed E-state index contributed by atoms with van der Waals surface area (Å²) >= 11 is 0. The molecule has 0 N–H and O–H groups in total. The third-order valence-corrected chi connectivity index (χ3v) is 2.56. The number of rotatable bonds is 4. The molecule has 0 radical (unpaired) electrons. The molecule has 0 bridgehead atoms. The van der Waals surface area contributed by atoms with Crippen molar-refractivity contribution in [2.75, 3.05) is 6.61 Å². The second-order valence-corrected chi connectivity index (χ2v) is 4.20. The molecule has 1 aromatic heterocycles. The van der Waals surface area contributed by atoms with Gasteiger partial charge in [0.15, 0.2) is 5.75 Å². The monoisotopic (exact) mass is 229 g/mol. The first-order chi connectivity index (χ1) is 8.24. The van der Waals surface area contributed by atoms with Gasteiger partial charge in [0.25, 0.3) is 0 Å². The van der Waals surface area contributed by atoms with Gasteiger partial charge in [-0.3, -0.25) is 0 Å². The minimum atomic E-state index is 0.263. The van der Waals surface area contributed by atoms with Gasteiger partial charge >= 0.3 is 0 Å². The molecule has 0 saturated carbocycles. The molecule has 0 aliphatic heterocycles. The molecule has 0 spiro atoms. The van der Waals surface area contributed by atoms with Crippen molar-refractivity contribution in [3.05, 3.63) is 30.0 Å². The van der Waals surface area contributed by atoms with E-state index in [1.165, 1.54) is 0 Å². The summed E-state index contributed by atoms with van der Waals surface area (Å²) < 4.78 is 11.5. The van der Waals surface area contributed by atoms with Crippen LogP contribution in [0.4, 0.5) is 0 Å². The van der Waals surface area contributed by atoms with Crippen LogP contribution in [0.15, 0.2) is 28.7 Å². The summed E-state index contributed by atoms with van der Waals surface area (Å²) in [5.41, 5.74) is 0.836. The van der Waals surface area contributed by atoms with Crippen molar-refractivity contribution in [1.29, 1.82) is 5.26 Å². The smallest absolute Gasteiger partial charge is 0.168 e. The lowest BCUT2D eigenvalue weighted by molar-refractivity contribution is 0.315. The minimum Gasteiger partial charge on any atom is -0.488 e. The van der Waals surface area contributed by atoms with E-state index >= 15 is 0 Å². The number of para-hydroxylation sites is 1. The first-order valence-electron chi connectivity index (χ1n) is 5.75. The van der Waals surface area contributed by atoms with Gasteiger partial charge in [-0.15, -0.1) is 0 Å². The Morgan fingerprint density at radius 3 is 2.82 bits per heavy atom. The predicted octanol–water partition coefficient (Wildman–Crippen LogP) is 3.85.